The number of sulfone groups is 2. The minimum Gasteiger partial charge on any atom is -0.263 e. The van der Waals surface area contributed by atoms with Gasteiger partial charge in [-0.25, -0.2) is 16.8 Å². The molecule has 2 unspecified atom stereocenters. The van der Waals surface area contributed by atoms with Crippen LogP contribution in [0.5, 0.6) is 0 Å². The molecule has 0 bridgehead atoms. The molecule has 168 valence electrons. The first-order chi connectivity index (χ1) is 14.5. The summed E-state index contributed by atoms with van der Waals surface area (Å²) < 4.78 is 52.4. The van der Waals surface area contributed by atoms with Crippen molar-refractivity contribution in [3.05, 3.63) is 80.9 Å². The largest absolute Gasteiger partial charge is 0.325 e. The molecule has 0 saturated heterocycles. The maximum atomic E-state index is 13.1. The van der Waals surface area contributed by atoms with Crippen LogP contribution in [0.1, 0.15) is 26.2 Å². The Labute approximate surface area is 180 Å². The quantitative estimate of drug-likeness (QED) is 0.358. The maximum Gasteiger partial charge on any atom is 0.325 e. The average molecular weight is 471 g/mol. The van der Waals surface area contributed by atoms with Gasteiger partial charge in [0.25, 0.3) is 0 Å². The van der Waals surface area contributed by atoms with E-state index in [0.717, 1.165) is 24.3 Å². The van der Waals surface area contributed by atoms with E-state index in [2.05, 4.69) is 0 Å². The van der Waals surface area contributed by atoms with E-state index in [0.29, 0.717) is 6.42 Å². The first kappa shape index (κ1) is 24.4. The molecule has 31 heavy (non-hydrogen) atoms. The molecular weight excluding hydrogens is 448 g/mol. The van der Waals surface area contributed by atoms with Crippen LogP contribution in [0, 0.1) is 26.1 Å². The minimum atomic E-state index is -4.72. The number of rotatable bonds is 11. The number of hydrogen-bond donors (Lipinski definition) is 0. The van der Waals surface area contributed by atoms with Crippen LogP contribution in [0.25, 0.3) is 0 Å². The monoisotopic (exact) mass is 470 g/mol. The van der Waals surface area contributed by atoms with Gasteiger partial charge >= 0.3 is 10.7 Å². The third-order valence-electron chi connectivity index (χ3n) is 4.82. The Balaban J connectivity index is 2.72. The number of nitrogens with zero attached hydrogens (tertiary/aromatic N) is 2. The van der Waals surface area contributed by atoms with Crippen molar-refractivity contribution in [2.45, 2.75) is 46.7 Å². The van der Waals surface area contributed by atoms with E-state index >= 15 is 0 Å². The highest BCUT2D eigenvalue weighted by atomic mass is 32.2. The fourth-order valence-electron chi connectivity index (χ4n) is 3.36. The van der Waals surface area contributed by atoms with E-state index in [9.17, 15) is 37.1 Å². The van der Waals surface area contributed by atoms with Gasteiger partial charge in [0.2, 0.25) is 19.7 Å². The molecule has 0 fully saturated rings. The van der Waals surface area contributed by atoms with Crippen LogP contribution < -0.4 is 0 Å². The van der Waals surface area contributed by atoms with Crippen LogP contribution in [0.3, 0.4) is 0 Å². The van der Waals surface area contributed by atoms with E-state index in [1.165, 1.54) is 36.4 Å². The molecule has 0 saturated carbocycles. The summed E-state index contributed by atoms with van der Waals surface area (Å²) >= 11 is 0. The van der Waals surface area contributed by atoms with Crippen molar-refractivity contribution in [3.8, 4) is 0 Å². The van der Waals surface area contributed by atoms with Crippen LogP contribution in [-0.2, 0) is 19.7 Å². The standard InChI is InChI=1S/C19H22N2O8S2/c1-2-3-14-17(18(20(22)23)30(26,27)15-10-6-4-7-11-15)19(21(24)25)31(28,29)16-12-8-5-9-13-16/h4-13,17-19H,2-3,14H2,1H3. The van der Waals surface area contributed by atoms with Crippen molar-refractivity contribution in [1.82, 2.24) is 0 Å². The molecule has 0 heterocycles. The van der Waals surface area contributed by atoms with Gasteiger partial charge in [0.15, 0.2) is 0 Å². The summed E-state index contributed by atoms with van der Waals surface area (Å²) in [5, 5.41) is 18.8. The summed E-state index contributed by atoms with van der Waals surface area (Å²) in [6.07, 6.45) is 0.280. The van der Waals surface area contributed by atoms with E-state index < -0.39 is 56.0 Å². The first-order valence-corrected chi connectivity index (χ1v) is 12.5. The Bertz CT molecular complexity index is 1030. The fraction of sp³-hybridized carbons (Fsp3) is 0.368. The van der Waals surface area contributed by atoms with Crippen LogP contribution >= 0.6 is 0 Å². The molecule has 10 nitrogen and oxygen atoms in total. The molecule has 0 aliphatic carbocycles. The molecule has 0 radical (unpaired) electrons. The van der Waals surface area contributed by atoms with Gasteiger partial charge in [0.05, 0.1) is 9.79 Å². The predicted molar refractivity (Wildman–Crippen MR) is 112 cm³/mol. The molecule has 0 aliphatic heterocycles. The van der Waals surface area contributed by atoms with E-state index in [1.807, 2.05) is 0 Å². The number of benzene rings is 2. The van der Waals surface area contributed by atoms with Gasteiger partial charge in [0, 0.05) is 9.85 Å². The fourth-order valence-corrected chi connectivity index (χ4v) is 7.04. The van der Waals surface area contributed by atoms with Crippen LogP contribution in [-0.4, -0.2) is 37.4 Å². The highest BCUT2D eigenvalue weighted by Crippen LogP contribution is 2.34. The first-order valence-electron chi connectivity index (χ1n) is 9.40. The number of hydrogen-bond acceptors (Lipinski definition) is 8. The van der Waals surface area contributed by atoms with E-state index in [-0.39, 0.29) is 12.8 Å². The van der Waals surface area contributed by atoms with Gasteiger partial charge in [-0.05, 0) is 30.7 Å². The Morgan fingerprint density at radius 3 is 1.39 bits per heavy atom. The zero-order valence-electron chi connectivity index (χ0n) is 16.6. The molecule has 2 atom stereocenters. The van der Waals surface area contributed by atoms with Crippen molar-refractivity contribution >= 4 is 19.7 Å². The SMILES string of the molecule is CCCCC(C([N+](=O)[O-])S(=O)(=O)c1ccccc1)C([N+](=O)[O-])S(=O)(=O)c1ccccc1. The highest BCUT2D eigenvalue weighted by Gasteiger charge is 2.57. The summed E-state index contributed by atoms with van der Waals surface area (Å²) in [5.74, 6) is -1.90. The molecule has 12 heteroatoms. The Kier molecular flexibility index (Phi) is 7.85. The lowest BCUT2D eigenvalue weighted by Crippen LogP contribution is -2.48. The van der Waals surface area contributed by atoms with Crippen molar-refractivity contribution < 1.29 is 26.7 Å². The molecular formula is C19H22N2O8S2. The lowest BCUT2D eigenvalue weighted by molar-refractivity contribution is -0.546. The highest BCUT2D eigenvalue weighted by molar-refractivity contribution is 7.92. The van der Waals surface area contributed by atoms with Crippen molar-refractivity contribution in [2.75, 3.05) is 0 Å². The molecule has 0 amide bonds. The van der Waals surface area contributed by atoms with Gasteiger partial charge in [-0.3, -0.25) is 20.2 Å². The van der Waals surface area contributed by atoms with Gasteiger partial charge in [-0.15, -0.1) is 0 Å². The molecule has 2 rings (SSSR count). The van der Waals surface area contributed by atoms with E-state index in [1.54, 1.807) is 6.92 Å². The lowest BCUT2D eigenvalue weighted by Gasteiger charge is -2.23. The van der Waals surface area contributed by atoms with Gasteiger partial charge in [-0.1, -0.05) is 56.2 Å². The third-order valence-corrected chi connectivity index (χ3v) is 8.99. The zero-order chi connectivity index (χ0) is 23.2. The molecule has 0 aromatic heterocycles. The summed E-state index contributed by atoms with van der Waals surface area (Å²) in [5.41, 5.74) is 0. The van der Waals surface area contributed by atoms with Crippen LogP contribution in [0.15, 0.2) is 70.5 Å². The summed E-state index contributed by atoms with van der Waals surface area (Å²) in [6.45, 7) is 1.71. The summed E-state index contributed by atoms with van der Waals surface area (Å²) in [4.78, 5) is 20.8. The summed E-state index contributed by atoms with van der Waals surface area (Å²) in [6, 6.07) is 13.0. The molecule has 2 aromatic rings. The van der Waals surface area contributed by atoms with Gasteiger partial charge in [-0.2, -0.15) is 0 Å². The maximum absolute atomic E-state index is 13.1. The summed E-state index contributed by atoms with van der Waals surface area (Å²) in [7, 11) is -9.44. The topological polar surface area (TPSA) is 155 Å². The Morgan fingerprint density at radius 1 is 0.742 bits per heavy atom. The number of unbranched alkanes of at least 4 members (excludes halogenated alkanes) is 1. The second-order valence-corrected chi connectivity index (χ2v) is 11.0. The average Bonchev–Trinajstić information content (AvgIpc) is 2.72. The molecule has 0 spiro atoms. The van der Waals surface area contributed by atoms with Gasteiger partial charge < -0.3 is 0 Å². The molecule has 2 aromatic carbocycles. The Hall–Kier alpha value is -2.86. The molecule has 0 N–H and O–H groups in total. The van der Waals surface area contributed by atoms with Crippen molar-refractivity contribution in [1.29, 1.82) is 0 Å². The zero-order valence-corrected chi connectivity index (χ0v) is 18.2. The predicted octanol–water partition coefficient (Wildman–Crippen LogP) is 2.95. The van der Waals surface area contributed by atoms with Crippen molar-refractivity contribution in [2.24, 2.45) is 5.92 Å². The third kappa shape index (κ3) is 5.25. The molecule has 0 aliphatic rings. The smallest absolute Gasteiger partial charge is 0.263 e. The van der Waals surface area contributed by atoms with E-state index in [4.69, 9.17) is 0 Å². The lowest BCUT2D eigenvalue weighted by atomic mass is 10.0. The van der Waals surface area contributed by atoms with Crippen molar-refractivity contribution in [3.63, 3.8) is 0 Å². The number of nitro groups is 2. The normalized spacial score (nSPS) is 15.0. The van der Waals surface area contributed by atoms with Crippen LogP contribution in [0.4, 0.5) is 0 Å². The Morgan fingerprint density at radius 2 is 1.10 bits per heavy atom. The van der Waals surface area contributed by atoms with Gasteiger partial charge in [0.1, 0.15) is 5.92 Å². The second kappa shape index (κ2) is 9.96. The second-order valence-electron chi connectivity index (χ2n) is 6.87. The minimum absolute atomic E-state index is 0.175. The van der Waals surface area contributed by atoms with Crippen LogP contribution in [0.2, 0.25) is 0 Å².